The van der Waals surface area contributed by atoms with E-state index in [4.69, 9.17) is 0 Å². The highest BCUT2D eigenvalue weighted by Crippen LogP contribution is 2.41. The molecule has 1 aromatic carbocycles. The molecule has 1 aromatic rings. The largest absolute Gasteiger partial charge is 0.506 e. The third-order valence-electron chi connectivity index (χ3n) is 4.02. The average molecular weight is 553 g/mol. The first kappa shape index (κ1) is 20.7. The number of rotatable bonds is 4. The van der Waals surface area contributed by atoms with Gasteiger partial charge in [0.1, 0.15) is 5.75 Å². The van der Waals surface area contributed by atoms with Crippen LogP contribution in [0.1, 0.15) is 25.5 Å². The van der Waals surface area contributed by atoms with Crippen molar-refractivity contribution >= 4 is 57.6 Å². The van der Waals surface area contributed by atoms with E-state index < -0.39 is 0 Å². The second-order valence-electron chi connectivity index (χ2n) is 6.17. The van der Waals surface area contributed by atoms with Crippen molar-refractivity contribution in [2.45, 2.75) is 19.9 Å². The van der Waals surface area contributed by atoms with Gasteiger partial charge in [0.05, 0.1) is 7.14 Å². The topological polar surface area (TPSA) is 55.7 Å². The molecule has 1 aliphatic rings. The van der Waals surface area contributed by atoms with Crippen molar-refractivity contribution in [1.82, 2.24) is 10.2 Å². The van der Waals surface area contributed by atoms with Crippen molar-refractivity contribution < 1.29 is 10.2 Å². The summed E-state index contributed by atoms with van der Waals surface area (Å²) in [5.41, 5.74) is 0.933. The predicted octanol–water partition coefficient (Wildman–Crippen LogP) is 2.99. The molecule has 126 valence electrons. The first-order chi connectivity index (χ1) is 9.86. The van der Waals surface area contributed by atoms with E-state index in [-0.39, 0.29) is 30.5 Å². The number of aromatic hydroxyl groups is 1. The number of piperazine rings is 1. The van der Waals surface area contributed by atoms with E-state index in [0.717, 1.165) is 33.3 Å². The molecule has 2 rings (SSSR count). The van der Waals surface area contributed by atoms with Gasteiger partial charge < -0.3 is 15.5 Å². The lowest BCUT2D eigenvalue weighted by molar-refractivity contribution is 0.0304. The predicted molar refractivity (Wildman–Crippen MR) is 109 cm³/mol. The lowest BCUT2D eigenvalue weighted by Crippen LogP contribution is -2.49. The Kier molecular flexibility index (Phi) is 8.15. The Morgan fingerprint density at radius 2 is 1.73 bits per heavy atom. The molecule has 0 radical (unpaired) electrons. The highest BCUT2D eigenvalue weighted by molar-refractivity contribution is 14.1. The van der Waals surface area contributed by atoms with Crippen LogP contribution in [0.4, 0.5) is 0 Å². The van der Waals surface area contributed by atoms with E-state index in [2.05, 4.69) is 69.2 Å². The maximum absolute atomic E-state index is 9.99. The summed E-state index contributed by atoms with van der Waals surface area (Å²) in [6, 6.07) is 4.23. The number of nitrogens with zero attached hydrogens (tertiary/aromatic N) is 1. The molecule has 0 unspecified atom stereocenters. The Bertz CT molecular complexity index is 485. The molecule has 0 aromatic heterocycles. The van der Waals surface area contributed by atoms with Gasteiger partial charge in [-0.05, 0) is 62.9 Å². The van der Waals surface area contributed by atoms with Gasteiger partial charge in [-0.3, -0.25) is 4.90 Å². The Morgan fingerprint density at radius 3 is 2.18 bits per heavy atom. The van der Waals surface area contributed by atoms with E-state index in [9.17, 15) is 10.2 Å². The van der Waals surface area contributed by atoms with Crippen molar-refractivity contribution in [1.29, 1.82) is 0 Å². The number of hydrogen-bond donors (Lipinski definition) is 3. The van der Waals surface area contributed by atoms with Crippen LogP contribution in [0.25, 0.3) is 0 Å². The summed E-state index contributed by atoms with van der Waals surface area (Å²) in [6.45, 7) is 8.24. The number of benzene rings is 1. The Labute approximate surface area is 165 Å². The zero-order chi connectivity index (χ0) is 15.6. The van der Waals surface area contributed by atoms with E-state index in [0.29, 0.717) is 5.75 Å². The molecule has 7 heteroatoms. The van der Waals surface area contributed by atoms with Crippen LogP contribution in [-0.4, -0.2) is 47.9 Å². The normalized spacial score (nSPS) is 17.9. The standard InChI is InChI=1S/C15H22I2N2O2.ClH/c1-15(2,9-20)14(19-5-3-18-4-6-19)10-7-11(16)13(21)12(17)8-10;/h7-8,14,18,20-21H,3-6,9H2,1-2H3;1H/t14-;/m0./s1. The Morgan fingerprint density at radius 1 is 1.23 bits per heavy atom. The number of phenols is 1. The molecule has 0 bridgehead atoms. The van der Waals surface area contributed by atoms with Crippen LogP contribution in [0.5, 0.6) is 5.75 Å². The van der Waals surface area contributed by atoms with E-state index in [1.807, 2.05) is 12.1 Å². The zero-order valence-electron chi connectivity index (χ0n) is 12.8. The summed E-state index contributed by atoms with van der Waals surface area (Å²) in [5.74, 6) is 0.348. The molecule has 4 nitrogen and oxygen atoms in total. The lowest BCUT2D eigenvalue weighted by Gasteiger charge is -2.43. The van der Waals surface area contributed by atoms with Gasteiger partial charge in [0.25, 0.3) is 0 Å². The number of aliphatic hydroxyl groups excluding tert-OH is 1. The van der Waals surface area contributed by atoms with Crippen molar-refractivity contribution in [2.24, 2.45) is 5.41 Å². The van der Waals surface area contributed by atoms with Crippen molar-refractivity contribution in [3.05, 3.63) is 24.8 Å². The minimum absolute atomic E-state index is 0. The summed E-state index contributed by atoms with van der Waals surface area (Å²) in [6.07, 6.45) is 0. The third-order valence-corrected chi connectivity index (χ3v) is 5.66. The summed E-state index contributed by atoms with van der Waals surface area (Å²) >= 11 is 4.34. The smallest absolute Gasteiger partial charge is 0.142 e. The van der Waals surface area contributed by atoms with Crippen LogP contribution in [0.15, 0.2) is 12.1 Å². The van der Waals surface area contributed by atoms with Crippen molar-refractivity contribution in [3.63, 3.8) is 0 Å². The lowest BCUT2D eigenvalue weighted by atomic mass is 9.79. The summed E-state index contributed by atoms with van der Waals surface area (Å²) in [5, 5.41) is 23.2. The molecule has 1 saturated heterocycles. The number of hydrogen-bond acceptors (Lipinski definition) is 4. The SMILES string of the molecule is CC(C)(CO)[C@H](c1cc(I)c(O)c(I)c1)N1CCNCC1.Cl. The summed E-state index contributed by atoms with van der Waals surface area (Å²) in [4.78, 5) is 2.44. The number of halogens is 3. The minimum atomic E-state index is -0.236. The molecule has 0 saturated carbocycles. The molecular weight excluding hydrogens is 529 g/mol. The van der Waals surface area contributed by atoms with Gasteiger partial charge in [0, 0.05) is 44.2 Å². The number of nitrogens with one attached hydrogen (secondary N) is 1. The maximum atomic E-state index is 9.99. The quantitative estimate of drug-likeness (QED) is 0.503. The van der Waals surface area contributed by atoms with Crippen molar-refractivity contribution in [3.8, 4) is 5.75 Å². The van der Waals surface area contributed by atoms with Crippen LogP contribution < -0.4 is 5.32 Å². The van der Waals surface area contributed by atoms with Gasteiger partial charge >= 0.3 is 0 Å². The van der Waals surface area contributed by atoms with Crippen LogP contribution in [0.3, 0.4) is 0 Å². The second-order valence-corrected chi connectivity index (χ2v) is 8.49. The highest BCUT2D eigenvalue weighted by Gasteiger charge is 2.36. The number of aliphatic hydroxyl groups is 1. The Hall–Kier alpha value is 0.650. The molecule has 0 spiro atoms. The van der Waals surface area contributed by atoms with Gasteiger partial charge in [0.2, 0.25) is 0 Å². The fraction of sp³-hybridized carbons (Fsp3) is 0.600. The molecule has 1 fully saturated rings. The van der Waals surface area contributed by atoms with Crippen LogP contribution in [0, 0.1) is 12.6 Å². The average Bonchev–Trinajstić information content (AvgIpc) is 2.46. The molecule has 1 atom stereocenters. The molecule has 0 aliphatic carbocycles. The monoisotopic (exact) mass is 552 g/mol. The molecule has 1 aliphatic heterocycles. The van der Waals surface area contributed by atoms with E-state index in [1.54, 1.807) is 0 Å². The van der Waals surface area contributed by atoms with Crippen LogP contribution in [-0.2, 0) is 0 Å². The molecule has 0 amide bonds. The molecule has 22 heavy (non-hydrogen) atoms. The number of phenolic OH excluding ortho intramolecular Hbond substituents is 1. The first-order valence-electron chi connectivity index (χ1n) is 7.10. The third kappa shape index (κ3) is 4.60. The molecular formula is C15H23ClI2N2O2. The van der Waals surface area contributed by atoms with Crippen LogP contribution in [0.2, 0.25) is 0 Å². The Balaban J connectivity index is 0.00000242. The first-order valence-corrected chi connectivity index (χ1v) is 9.26. The zero-order valence-corrected chi connectivity index (χ0v) is 17.9. The van der Waals surface area contributed by atoms with Crippen molar-refractivity contribution in [2.75, 3.05) is 32.8 Å². The second kappa shape index (κ2) is 8.66. The molecule has 3 N–H and O–H groups in total. The van der Waals surface area contributed by atoms with E-state index >= 15 is 0 Å². The van der Waals surface area contributed by atoms with Gasteiger partial charge in [-0.25, -0.2) is 0 Å². The summed E-state index contributed by atoms with van der Waals surface area (Å²) < 4.78 is 1.73. The highest BCUT2D eigenvalue weighted by atomic mass is 127. The molecule has 1 heterocycles. The van der Waals surface area contributed by atoms with Gasteiger partial charge in [-0.1, -0.05) is 13.8 Å². The fourth-order valence-corrected chi connectivity index (χ4v) is 4.74. The van der Waals surface area contributed by atoms with Gasteiger partial charge in [-0.2, -0.15) is 0 Å². The fourth-order valence-electron chi connectivity index (χ4n) is 2.93. The summed E-state index contributed by atoms with van der Waals surface area (Å²) in [7, 11) is 0. The van der Waals surface area contributed by atoms with Gasteiger partial charge in [-0.15, -0.1) is 12.4 Å². The minimum Gasteiger partial charge on any atom is -0.506 e. The van der Waals surface area contributed by atoms with Crippen LogP contribution >= 0.6 is 57.6 Å². The van der Waals surface area contributed by atoms with E-state index in [1.165, 1.54) is 5.56 Å². The van der Waals surface area contributed by atoms with Gasteiger partial charge in [0.15, 0.2) is 0 Å². The maximum Gasteiger partial charge on any atom is 0.142 e.